The Morgan fingerprint density at radius 3 is 2.94 bits per heavy atom. The van der Waals surface area contributed by atoms with E-state index in [9.17, 15) is 9.90 Å². The van der Waals surface area contributed by atoms with Crippen molar-refractivity contribution in [3.8, 4) is 5.75 Å². The maximum atomic E-state index is 10.8. The lowest BCUT2D eigenvalue weighted by atomic mass is 10.0. The van der Waals surface area contributed by atoms with Crippen LogP contribution in [0.25, 0.3) is 11.0 Å². The van der Waals surface area contributed by atoms with Crippen molar-refractivity contribution in [1.82, 2.24) is 0 Å². The lowest BCUT2D eigenvalue weighted by molar-refractivity contribution is -0.141. The molecule has 2 rings (SSSR count). The fourth-order valence-electron chi connectivity index (χ4n) is 1.70. The topological polar surface area (TPSA) is 70.7 Å². The number of carbonyl (C=O) groups is 1. The predicted octanol–water partition coefficient (Wildman–Crippen LogP) is 2.40. The normalized spacial score (nSPS) is 12.8. The number of carboxylic acids is 1. The summed E-state index contributed by atoms with van der Waals surface area (Å²) in [6, 6.07) is 4.99. The molecule has 1 aromatic heterocycles. The Morgan fingerprint density at radius 2 is 2.25 bits per heavy atom. The molecule has 1 atom stereocenters. The molecule has 2 N–H and O–H groups in total. The highest BCUT2D eigenvalue weighted by molar-refractivity contribution is 5.87. The summed E-state index contributed by atoms with van der Waals surface area (Å²) in [7, 11) is 0. The van der Waals surface area contributed by atoms with Gasteiger partial charge in [-0.2, -0.15) is 0 Å². The van der Waals surface area contributed by atoms with Crippen LogP contribution in [0.4, 0.5) is 0 Å². The van der Waals surface area contributed by atoms with Crippen LogP contribution in [-0.4, -0.2) is 16.2 Å². The van der Waals surface area contributed by atoms with E-state index in [-0.39, 0.29) is 5.75 Å². The van der Waals surface area contributed by atoms with Crippen LogP contribution in [0.15, 0.2) is 28.9 Å². The summed E-state index contributed by atoms with van der Waals surface area (Å²) < 4.78 is 5.26. The maximum absolute atomic E-state index is 10.8. The summed E-state index contributed by atoms with van der Waals surface area (Å²) in [4.78, 5) is 10.8. The van der Waals surface area contributed by atoms with Crippen LogP contribution in [0, 0.1) is 5.92 Å². The highest BCUT2D eigenvalue weighted by Crippen LogP contribution is 2.30. The van der Waals surface area contributed by atoms with Crippen LogP contribution in [0.5, 0.6) is 5.75 Å². The van der Waals surface area contributed by atoms with Gasteiger partial charge in [0.2, 0.25) is 0 Å². The molecule has 0 bridgehead atoms. The van der Waals surface area contributed by atoms with Gasteiger partial charge >= 0.3 is 5.97 Å². The number of hydrogen-bond donors (Lipinski definition) is 2. The molecule has 0 aliphatic rings. The van der Waals surface area contributed by atoms with Crippen molar-refractivity contribution in [2.45, 2.75) is 13.3 Å². The number of furan rings is 1. The fraction of sp³-hybridized carbons (Fsp3) is 0.250. The van der Waals surface area contributed by atoms with E-state index in [1.54, 1.807) is 25.1 Å². The molecule has 0 saturated heterocycles. The summed E-state index contributed by atoms with van der Waals surface area (Å²) in [6.45, 7) is 1.63. The quantitative estimate of drug-likeness (QED) is 0.833. The molecular weight excluding hydrogens is 208 g/mol. The van der Waals surface area contributed by atoms with Gasteiger partial charge in [-0.15, -0.1) is 0 Å². The van der Waals surface area contributed by atoms with Crippen LogP contribution >= 0.6 is 0 Å². The first-order valence-electron chi connectivity index (χ1n) is 5.00. The van der Waals surface area contributed by atoms with Gasteiger partial charge in [0.05, 0.1) is 17.6 Å². The zero-order chi connectivity index (χ0) is 11.7. The summed E-state index contributed by atoms with van der Waals surface area (Å²) >= 11 is 0. The number of aromatic hydroxyl groups is 1. The van der Waals surface area contributed by atoms with E-state index in [4.69, 9.17) is 9.52 Å². The van der Waals surface area contributed by atoms with Crippen LogP contribution in [0.1, 0.15) is 12.5 Å². The van der Waals surface area contributed by atoms with Crippen LogP contribution in [-0.2, 0) is 11.2 Å². The molecule has 0 aliphatic carbocycles. The smallest absolute Gasteiger partial charge is 0.306 e. The van der Waals surface area contributed by atoms with E-state index in [1.807, 2.05) is 0 Å². The molecule has 2 aromatic rings. The molecule has 4 heteroatoms. The highest BCUT2D eigenvalue weighted by Gasteiger charge is 2.16. The molecule has 0 aliphatic heterocycles. The molecule has 1 heterocycles. The van der Waals surface area contributed by atoms with Gasteiger partial charge in [0.1, 0.15) is 11.3 Å². The second kappa shape index (κ2) is 3.89. The monoisotopic (exact) mass is 220 g/mol. The van der Waals surface area contributed by atoms with E-state index >= 15 is 0 Å². The number of carboxylic acid groups (broad SMARTS) is 1. The van der Waals surface area contributed by atoms with Crippen molar-refractivity contribution in [3.63, 3.8) is 0 Å². The lowest BCUT2D eigenvalue weighted by Crippen LogP contribution is -2.11. The lowest BCUT2D eigenvalue weighted by Gasteiger charge is -2.04. The Labute approximate surface area is 92.1 Å². The van der Waals surface area contributed by atoms with E-state index in [0.717, 1.165) is 5.56 Å². The van der Waals surface area contributed by atoms with Crippen molar-refractivity contribution in [1.29, 1.82) is 0 Å². The van der Waals surface area contributed by atoms with Crippen molar-refractivity contribution in [2.24, 2.45) is 5.92 Å². The number of rotatable bonds is 3. The third kappa shape index (κ3) is 1.74. The van der Waals surface area contributed by atoms with Crippen molar-refractivity contribution >= 4 is 16.9 Å². The minimum Gasteiger partial charge on any atom is -0.507 e. The second-order valence-electron chi connectivity index (χ2n) is 3.85. The molecule has 1 unspecified atom stereocenters. The molecule has 0 radical (unpaired) electrons. The number of hydrogen-bond acceptors (Lipinski definition) is 3. The second-order valence-corrected chi connectivity index (χ2v) is 3.85. The third-order valence-electron chi connectivity index (χ3n) is 2.60. The van der Waals surface area contributed by atoms with Gasteiger partial charge in [-0.1, -0.05) is 13.0 Å². The molecule has 0 spiro atoms. The predicted molar refractivity (Wildman–Crippen MR) is 58.4 cm³/mol. The van der Waals surface area contributed by atoms with E-state index in [0.29, 0.717) is 17.4 Å². The average molecular weight is 220 g/mol. The molecular formula is C12H12O4. The molecule has 16 heavy (non-hydrogen) atoms. The van der Waals surface area contributed by atoms with Crippen molar-refractivity contribution in [2.75, 3.05) is 0 Å². The molecule has 1 aromatic carbocycles. The van der Waals surface area contributed by atoms with Gasteiger partial charge < -0.3 is 14.6 Å². The Balaban J connectivity index is 2.42. The Morgan fingerprint density at radius 1 is 1.50 bits per heavy atom. The third-order valence-corrected chi connectivity index (χ3v) is 2.60. The van der Waals surface area contributed by atoms with E-state index < -0.39 is 11.9 Å². The molecule has 0 fully saturated rings. The first kappa shape index (κ1) is 10.5. The van der Waals surface area contributed by atoms with Gasteiger partial charge in [-0.05, 0) is 18.6 Å². The van der Waals surface area contributed by atoms with Crippen molar-refractivity contribution < 1.29 is 19.4 Å². The number of phenols is 1. The van der Waals surface area contributed by atoms with Gasteiger partial charge in [-0.3, -0.25) is 4.79 Å². The first-order valence-corrected chi connectivity index (χ1v) is 5.00. The fourth-order valence-corrected chi connectivity index (χ4v) is 1.70. The van der Waals surface area contributed by atoms with Gasteiger partial charge in [-0.25, -0.2) is 0 Å². The standard InChI is InChI=1S/C12H12O4/c1-7(12(14)15)5-8-6-16-10-4-2-3-9(13)11(8)10/h2-4,6-7,13H,5H2,1H3,(H,14,15). The van der Waals surface area contributed by atoms with Gasteiger partial charge in [0.25, 0.3) is 0 Å². The first-order chi connectivity index (χ1) is 7.59. The Kier molecular flexibility index (Phi) is 2.56. The SMILES string of the molecule is CC(Cc1coc2cccc(O)c12)C(=O)O. The van der Waals surface area contributed by atoms with Crippen LogP contribution < -0.4 is 0 Å². The Hall–Kier alpha value is -1.97. The van der Waals surface area contributed by atoms with E-state index in [1.165, 1.54) is 6.26 Å². The largest absolute Gasteiger partial charge is 0.507 e. The van der Waals surface area contributed by atoms with Crippen LogP contribution in [0.2, 0.25) is 0 Å². The van der Waals surface area contributed by atoms with Gasteiger partial charge in [0, 0.05) is 5.56 Å². The summed E-state index contributed by atoms with van der Waals surface area (Å²) in [5.41, 5.74) is 1.30. The maximum Gasteiger partial charge on any atom is 0.306 e. The molecule has 0 amide bonds. The number of aliphatic carboxylic acids is 1. The average Bonchev–Trinajstić information content (AvgIpc) is 2.63. The minimum absolute atomic E-state index is 0.124. The molecule has 0 saturated carbocycles. The number of phenolic OH excluding ortho intramolecular Hbond substituents is 1. The summed E-state index contributed by atoms with van der Waals surface area (Å²) in [5.74, 6) is -1.23. The highest BCUT2D eigenvalue weighted by atomic mass is 16.4. The van der Waals surface area contributed by atoms with E-state index in [2.05, 4.69) is 0 Å². The summed E-state index contributed by atoms with van der Waals surface area (Å²) in [5, 5.41) is 19.1. The summed E-state index contributed by atoms with van der Waals surface area (Å²) in [6.07, 6.45) is 1.85. The van der Waals surface area contributed by atoms with Crippen molar-refractivity contribution in [3.05, 3.63) is 30.0 Å². The number of fused-ring (bicyclic) bond motifs is 1. The molecule has 84 valence electrons. The zero-order valence-corrected chi connectivity index (χ0v) is 8.80. The zero-order valence-electron chi connectivity index (χ0n) is 8.80. The Bertz CT molecular complexity index is 527. The number of benzene rings is 1. The van der Waals surface area contributed by atoms with Crippen LogP contribution in [0.3, 0.4) is 0 Å². The minimum atomic E-state index is -0.857. The molecule has 4 nitrogen and oxygen atoms in total. The van der Waals surface area contributed by atoms with Gasteiger partial charge in [0.15, 0.2) is 0 Å².